The summed E-state index contributed by atoms with van der Waals surface area (Å²) in [5.41, 5.74) is 0.953. The number of methoxy groups -OCH3 is 2. The predicted molar refractivity (Wildman–Crippen MR) is 96.8 cm³/mol. The lowest BCUT2D eigenvalue weighted by Gasteiger charge is -2.32. The number of carbonyl (C=O) groups excluding carboxylic acids is 2. The van der Waals surface area contributed by atoms with Crippen molar-refractivity contribution >= 4 is 23.6 Å². The van der Waals surface area contributed by atoms with Crippen molar-refractivity contribution in [1.82, 2.24) is 9.80 Å². The number of hydrogen-bond donors (Lipinski definition) is 0. The second kappa shape index (κ2) is 6.78. The molecule has 136 valence electrons. The minimum absolute atomic E-state index is 0.0127. The number of thioether (sulfide) groups is 1. The molecule has 3 rings (SSSR count). The van der Waals surface area contributed by atoms with Crippen molar-refractivity contribution in [3.05, 3.63) is 23.8 Å². The number of fused-ring (bicyclic) bond motifs is 1. The molecule has 0 saturated carbocycles. The molecule has 2 saturated heterocycles. The second-order valence-electron chi connectivity index (χ2n) is 6.65. The fraction of sp³-hybridized carbons (Fsp3) is 0.556. The molecule has 1 aromatic rings. The maximum Gasteiger partial charge on any atom is 0.246 e. The third kappa shape index (κ3) is 3.17. The Labute approximate surface area is 152 Å². The molecule has 0 bridgehead atoms. The molecular formula is C18H24N2O4S. The molecule has 2 amide bonds. The van der Waals surface area contributed by atoms with E-state index in [2.05, 4.69) is 6.92 Å². The van der Waals surface area contributed by atoms with Gasteiger partial charge in [0.05, 0.1) is 19.1 Å². The van der Waals surface area contributed by atoms with E-state index in [4.69, 9.17) is 9.47 Å². The van der Waals surface area contributed by atoms with E-state index < -0.39 is 0 Å². The van der Waals surface area contributed by atoms with Gasteiger partial charge in [0, 0.05) is 25.8 Å². The van der Waals surface area contributed by atoms with Crippen LogP contribution in [-0.4, -0.2) is 59.5 Å². The minimum atomic E-state index is -0.366. The topological polar surface area (TPSA) is 59.1 Å². The van der Waals surface area contributed by atoms with Crippen LogP contribution in [0.1, 0.15) is 25.3 Å². The summed E-state index contributed by atoms with van der Waals surface area (Å²) in [6.45, 7) is 2.52. The number of hydrogen-bond acceptors (Lipinski definition) is 5. The van der Waals surface area contributed by atoms with Crippen LogP contribution in [0.4, 0.5) is 0 Å². The molecule has 2 heterocycles. The Morgan fingerprint density at radius 1 is 1.36 bits per heavy atom. The molecule has 2 fully saturated rings. The number of carbonyl (C=O) groups is 2. The molecule has 0 aromatic heterocycles. The molecular weight excluding hydrogens is 340 g/mol. The van der Waals surface area contributed by atoms with Crippen LogP contribution in [0.15, 0.2) is 18.2 Å². The van der Waals surface area contributed by atoms with Crippen molar-refractivity contribution in [3.63, 3.8) is 0 Å². The number of likely N-dealkylation sites (N-methyl/N-ethyl adjacent to an activating group) is 1. The van der Waals surface area contributed by atoms with Gasteiger partial charge < -0.3 is 19.3 Å². The van der Waals surface area contributed by atoms with Crippen LogP contribution in [0.2, 0.25) is 0 Å². The van der Waals surface area contributed by atoms with Gasteiger partial charge in [-0.05, 0) is 31.0 Å². The Hall–Kier alpha value is -1.89. The molecule has 0 spiro atoms. The number of rotatable bonds is 5. The van der Waals surface area contributed by atoms with Gasteiger partial charge in [0.25, 0.3) is 0 Å². The number of benzene rings is 1. The first-order valence-corrected chi connectivity index (χ1v) is 9.30. The average Bonchev–Trinajstić information content (AvgIpc) is 3.10. The minimum Gasteiger partial charge on any atom is -0.493 e. The number of nitrogens with zero attached hydrogens (tertiary/aromatic N) is 2. The summed E-state index contributed by atoms with van der Waals surface area (Å²) in [6.07, 6.45) is 1.35. The lowest BCUT2D eigenvalue weighted by atomic mass is 10.1. The molecule has 6 nitrogen and oxygen atoms in total. The third-order valence-electron chi connectivity index (χ3n) is 4.97. The molecule has 0 aliphatic carbocycles. The van der Waals surface area contributed by atoms with Crippen LogP contribution in [-0.2, 0) is 16.1 Å². The van der Waals surface area contributed by atoms with Gasteiger partial charge in [-0.15, -0.1) is 11.8 Å². The standard InChI is InChI=1S/C18H24N2O4S/c1-18-8-7-16(21)20(18)13(11-25-18)17(22)19(2)10-12-5-6-14(23-3)15(9-12)24-4/h5-6,9,13H,7-8,10-11H2,1-4H3/t13-,18+/m1/s1. The van der Waals surface area contributed by atoms with Crippen LogP contribution in [0.3, 0.4) is 0 Å². The molecule has 1 aromatic carbocycles. The zero-order valence-electron chi connectivity index (χ0n) is 15.1. The average molecular weight is 364 g/mol. The summed E-state index contributed by atoms with van der Waals surface area (Å²) in [7, 11) is 4.96. The van der Waals surface area contributed by atoms with E-state index >= 15 is 0 Å². The largest absolute Gasteiger partial charge is 0.493 e. The van der Waals surface area contributed by atoms with Gasteiger partial charge in [-0.25, -0.2) is 0 Å². The summed E-state index contributed by atoms with van der Waals surface area (Å²) in [5, 5.41) is 0. The molecule has 7 heteroatoms. The highest BCUT2D eigenvalue weighted by atomic mass is 32.2. The van der Waals surface area contributed by atoms with Crippen LogP contribution in [0.25, 0.3) is 0 Å². The number of amides is 2. The third-order valence-corrected chi connectivity index (χ3v) is 6.48. The molecule has 0 radical (unpaired) electrons. The van der Waals surface area contributed by atoms with Gasteiger partial charge >= 0.3 is 0 Å². The molecule has 0 N–H and O–H groups in total. The van der Waals surface area contributed by atoms with Gasteiger partial charge in [-0.1, -0.05) is 6.07 Å². The normalized spacial score (nSPS) is 25.0. The lowest BCUT2D eigenvalue weighted by Crippen LogP contribution is -2.50. The van der Waals surface area contributed by atoms with Crippen molar-refractivity contribution in [2.24, 2.45) is 0 Å². The Morgan fingerprint density at radius 3 is 2.76 bits per heavy atom. The van der Waals surface area contributed by atoms with E-state index in [-0.39, 0.29) is 22.7 Å². The lowest BCUT2D eigenvalue weighted by molar-refractivity contribution is -0.143. The maximum atomic E-state index is 12.9. The van der Waals surface area contributed by atoms with Crippen molar-refractivity contribution < 1.29 is 19.1 Å². The summed E-state index contributed by atoms with van der Waals surface area (Å²) in [4.78, 5) is 28.4. The Kier molecular flexibility index (Phi) is 4.86. The first-order valence-electron chi connectivity index (χ1n) is 8.31. The van der Waals surface area contributed by atoms with Crippen molar-refractivity contribution in [1.29, 1.82) is 0 Å². The first-order chi connectivity index (χ1) is 11.9. The fourth-order valence-electron chi connectivity index (χ4n) is 3.59. The van der Waals surface area contributed by atoms with Crippen LogP contribution in [0.5, 0.6) is 11.5 Å². The summed E-state index contributed by atoms with van der Waals surface area (Å²) in [5.74, 6) is 2.04. The fourth-order valence-corrected chi connectivity index (χ4v) is 5.01. The molecule has 0 unspecified atom stereocenters. The van der Waals surface area contributed by atoms with Crippen molar-refractivity contribution in [2.75, 3.05) is 27.0 Å². The van der Waals surface area contributed by atoms with Gasteiger partial charge in [0.15, 0.2) is 11.5 Å². The van der Waals surface area contributed by atoms with Gasteiger partial charge in [-0.2, -0.15) is 0 Å². The van der Waals surface area contributed by atoms with Crippen molar-refractivity contribution in [3.8, 4) is 11.5 Å². The second-order valence-corrected chi connectivity index (χ2v) is 8.15. The van der Waals surface area contributed by atoms with E-state index in [1.165, 1.54) is 0 Å². The molecule has 2 atom stereocenters. The summed E-state index contributed by atoms with van der Waals surface area (Å²) in [6, 6.07) is 5.26. The van der Waals surface area contributed by atoms with Gasteiger partial charge in [0.1, 0.15) is 6.04 Å². The Morgan fingerprint density at radius 2 is 2.08 bits per heavy atom. The zero-order chi connectivity index (χ0) is 18.2. The predicted octanol–water partition coefficient (Wildman–Crippen LogP) is 2.12. The van der Waals surface area contributed by atoms with Gasteiger partial charge in [0.2, 0.25) is 11.8 Å². The quantitative estimate of drug-likeness (QED) is 0.801. The first kappa shape index (κ1) is 17.9. The van der Waals surface area contributed by atoms with Crippen molar-refractivity contribution in [2.45, 2.75) is 37.2 Å². The smallest absolute Gasteiger partial charge is 0.246 e. The summed E-state index contributed by atoms with van der Waals surface area (Å²) < 4.78 is 10.6. The Balaban J connectivity index is 1.72. The number of ether oxygens (including phenoxy) is 2. The van der Waals surface area contributed by atoms with Crippen LogP contribution < -0.4 is 9.47 Å². The summed E-state index contributed by atoms with van der Waals surface area (Å²) >= 11 is 1.71. The molecule has 2 aliphatic rings. The molecule has 25 heavy (non-hydrogen) atoms. The SMILES string of the molecule is COc1ccc(CN(C)C(=O)[C@H]2CS[C@@]3(C)CCC(=O)N23)cc1OC. The Bertz CT molecular complexity index is 696. The van der Waals surface area contributed by atoms with E-state index in [0.29, 0.717) is 30.2 Å². The van der Waals surface area contributed by atoms with E-state index in [0.717, 1.165) is 12.0 Å². The van der Waals surface area contributed by atoms with E-state index in [9.17, 15) is 9.59 Å². The van der Waals surface area contributed by atoms with E-state index in [1.54, 1.807) is 42.8 Å². The monoisotopic (exact) mass is 364 g/mol. The molecule has 2 aliphatic heterocycles. The maximum absolute atomic E-state index is 12.9. The van der Waals surface area contributed by atoms with Gasteiger partial charge in [-0.3, -0.25) is 9.59 Å². The van der Waals surface area contributed by atoms with Crippen LogP contribution >= 0.6 is 11.8 Å². The van der Waals surface area contributed by atoms with E-state index in [1.807, 2.05) is 18.2 Å². The zero-order valence-corrected chi connectivity index (χ0v) is 15.9. The highest BCUT2D eigenvalue weighted by Crippen LogP contribution is 2.47. The highest BCUT2D eigenvalue weighted by molar-refractivity contribution is 8.01. The highest BCUT2D eigenvalue weighted by Gasteiger charge is 2.53. The van der Waals surface area contributed by atoms with Crippen LogP contribution in [0, 0.1) is 0 Å².